The Bertz CT molecular complexity index is 657. The molecule has 3 N–H and O–H groups in total. The Labute approximate surface area is 134 Å². The van der Waals surface area contributed by atoms with Crippen molar-refractivity contribution in [2.45, 2.75) is 44.7 Å². The molecular weight excluding hydrogens is 294 g/mol. The third-order valence-corrected chi connectivity index (χ3v) is 5.45. The molecule has 1 heterocycles. The number of nitrogens with one attached hydrogen (secondary N) is 1. The molecule has 0 bridgehead atoms. The molecule has 5 heteroatoms. The summed E-state index contributed by atoms with van der Waals surface area (Å²) in [5.74, 6) is -0.0293. The lowest BCUT2D eigenvalue weighted by molar-refractivity contribution is 0.0898. The second-order valence-corrected chi connectivity index (χ2v) is 6.80. The second-order valence-electron chi connectivity index (χ2n) is 5.94. The van der Waals surface area contributed by atoms with E-state index in [1.54, 1.807) is 11.3 Å². The van der Waals surface area contributed by atoms with E-state index in [0.29, 0.717) is 12.1 Å². The monoisotopic (exact) mass is 315 g/mol. The maximum absolute atomic E-state index is 12.6. The molecule has 1 aliphatic rings. The van der Waals surface area contributed by atoms with Crippen LogP contribution in [0.15, 0.2) is 29.6 Å². The third-order valence-electron chi connectivity index (χ3n) is 4.29. The molecule has 3 rings (SSSR count). The first-order chi connectivity index (χ1) is 10.6. The van der Waals surface area contributed by atoms with E-state index in [2.05, 4.69) is 15.7 Å². The molecule has 1 amide bonds. The minimum absolute atomic E-state index is 0.0293. The van der Waals surface area contributed by atoms with E-state index in [0.717, 1.165) is 41.9 Å². The van der Waals surface area contributed by atoms with Crippen molar-refractivity contribution in [2.24, 2.45) is 5.73 Å². The highest BCUT2D eigenvalue weighted by Crippen LogP contribution is 2.40. The zero-order chi connectivity index (χ0) is 15.6. The van der Waals surface area contributed by atoms with Crippen LogP contribution in [-0.2, 0) is 12.1 Å². The van der Waals surface area contributed by atoms with Gasteiger partial charge in [0.2, 0.25) is 0 Å². The Morgan fingerprint density at radius 1 is 1.32 bits per heavy atom. The lowest BCUT2D eigenvalue weighted by atomic mass is 9.97. The number of hydrogen-bond donors (Lipinski definition) is 2. The van der Waals surface area contributed by atoms with Crippen molar-refractivity contribution >= 4 is 17.2 Å². The first-order valence-corrected chi connectivity index (χ1v) is 8.55. The summed E-state index contributed by atoms with van der Waals surface area (Å²) in [6.07, 6.45) is 4.19. The van der Waals surface area contributed by atoms with Crippen molar-refractivity contribution in [1.29, 1.82) is 0 Å². The molecule has 2 aromatic rings. The van der Waals surface area contributed by atoms with Gasteiger partial charge in [-0.2, -0.15) is 0 Å². The lowest BCUT2D eigenvalue weighted by Gasteiger charge is -2.28. The number of amides is 1. The number of rotatable bonds is 4. The van der Waals surface area contributed by atoms with Crippen LogP contribution in [0.3, 0.4) is 0 Å². The van der Waals surface area contributed by atoms with Gasteiger partial charge in [0, 0.05) is 23.2 Å². The van der Waals surface area contributed by atoms with Crippen molar-refractivity contribution in [3.63, 3.8) is 0 Å². The van der Waals surface area contributed by atoms with E-state index < -0.39 is 0 Å². The molecule has 1 aliphatic carbocycles. The minimum Gasteiger partial charge on any atom is -0.340 e. The smallest absolute Gasteiger partial charge is 0.252 e. The lowest BCUT2D eigenvalue weighted by Crippen LogP contribution is -2.43. The summed E-state index contributed by atoms with van der Waals surface area (Å²) in [4.78, 5) is 17.2. The van der Waals surface area contributed by atoms with Crippen LogP contribution >= 0.6 is 11.3 Å². The van der Waals surface area contributed by atoms with Crippen LogP contribution < -0.4 is 11.1 Å². The Hall–Kier alpha value is -1.72. The third kappa shape index (κ3) is 2.91. The van der Waals surface area contributed by atoms with Gasteiger partial charge in [0.25, 0.3) is 5.91 Å². The number of aryl methyl sites for hydroxylation is 1. The topological polar surface area (TPSA) is 68.0 Å². The van der Waals surface area contributed by atoms with E-state index in [1.165, 1.54) is 0 Å². The van der Waals surface area contributed by atoms with Gasteiger partial charge in [0.1, 0.15) is 5.01 Å². The number of aromatic nitrogens is 1. The van der Waals surface area contributed by atoms with Crippen LogP contribution in [0.2, 0.25) is 0 Å². The van der Waals surface area contributed by atoms with E-state index in [-0.39, 0.29) is 11.4 Å². The number of nitrogens with zero attached hydrogens (tertiary/aromatic N) is 1. The van der Waals surface area contributed by atoms with Crippen LogP contribution in [0.25, 0.3) is 0 Å². The fraction of sp³-hybridized carbons (Fsp3) is 0.412. The molecule has 1 aromatic heterocycles. The summed E-state index contributed by atoms with van der Waals surface area (Å²) in [5.41, 5.74) is 8.04. The summed E-state index contributed by atoms with van der Waals surface area (Å²) < 4.78 is 0. The highest BCUT2D eigenvalue weighted by molar-refractivity contribution is 7.09. The van der Waals surface area contributed by atoms with Gasteiger partial charge in [0.05, 0.1) is 5.54 Å². The summed E-state index contributed by atoms with van der Waals surface area (Å²) >= 11 is 1.65. The summed E-state index contributed by atoms with van der Waals surface area (Å²) in [6, 6.07) is 7.49. The Morgan fingerprint density at radius 2 is 2.00 bits per heavy atom. The minimum atomic E-state index is -0.289. The predicted octanol–water partition coefficient (Wildman–Crippen LogP) is 3.11. The maximum atomic E-state index is 12.6. The van der Waals surface area contributed by atoms with Crippen LogP contribution in [-0.4, -0.2) is 10.9 Å². The van der Waals surface area contributed by atoms with Crippen molar-refractivity contribution in [3.05, 3.63) is 51.5 Å². The molecule has 0 aliphatic heterocycles. The van der Waals surface area contributed by atoms with Gasteiger partial charge in [-0.15, -0.1) is 11.3 Å². The Morgan fingerprint density at radius 3 is 2.55 bits per heavy atom. The maximum Gasteiger partial charge on any atom is 0.252 e. The molecule has 1 saturated carbocycles. The van der Waals surface area contributed by atoms with Crippen LogP contribution in [0.5, 0.6) is 0 Å². The van der Waals surface area contributed by atoms with Gasteiger partial charge < -0.3 is 11.1 Å². The Kier molecular flexibility index (Phi) is 4.27. The van der Waals surface area contributed by atoms with Crippen molar-refractivity contribution in [2.75, 3.05) is 0 Å². The van der Waals surface area contributed by atoms with Gasteiger partial charge in [-0.05, 0) is 37.5 Å². The predicted molar refractivity (Wildman–Crippen MR) is 88.8 cm³/mol. The van der Waals surface area contributed by atoms with Gasteiger partial charge in [-0.3, -0.25) is 4.79 Å². The number of carbonyl (C=O) groups is 1. The molecule has 22 heavy (non-hydrogen) atoms. The summed E-state index contributed by atoms with van der Waals surface area (Å²) in [5, 5.41) is 6.34. The SMILES string of the molecule is Cc1csc(C2(NC(=O)c3ccc(CN)cc3)CCCC2)n1. The number of nitrogens with two attached hydrogens (primary N) is 1. The molecule has 0 spiro atoms. The molecule has 1 aromatic carbocycles. The van der Waals surface area contributed by atoms with Crippen LogP contribution in [0, 0.1) is 6.92 Å². The molecule has 4 nitrogen and oxygen atoms in total. The summed E-state index contributed by atoms with van der Waals surface area (Å²) in [7, 11) is 0. The highest BCUT2D eigenvalue weighted by atomic mass is 32.1. The van der Waals surface area contributed by atoms with Gasteiger partial charge >= 0.3 is 0 Å². The quantitative estimate of drug-likeness (QED) is 0.911. The Balaban J connectivity index is 1.83. The molecular formula is C17H21N3OS. The normalized spacial score (nSPS) is 16.6. The molecule has 1 fully saturated rings. The van der Waals surface area contributed by atoms with E-state index >= 15 is 0 Å². The van der Waals surface area contributed by atoms with Crippen LogP contribution in [0.1, 0.15) is 52.3 Å². The zero-order valence-electron chi connectivity index (χ0n) is 12.8. The zero-order valence-corrected chi connectivity index (χ0v) is 13.6. The van der Waals surface area contributed by atoms with Gasteiger partial charge in [0.15, 0.2) is 0 Å². The molecule has 116 valence electrons. The standard InChI is InChI=1S/C17H21N3OS/c1-12-11-22-16(19-12)17(8-2-3-9-17)20-15(21)14-6-4-13(10-18)5-7-14/h4-7,11H,2-3,8-10,18H2,1H3,(H,20,21). The number of thiazole rings is 1. The number of benzene rings is 1. The first kappa shape index (κ1) is 15.2. The number of hydrogen-bond acceptors (Lipinski definition) is 4. The number of carbonyl (C=O) groups excluding carboxylic acids is 1. The first-order valence-electron chi connectivity index (χ1n) is 7.67. The molecule has 0 saturated heterocycles. The van der Waals surface area contributed by atoms with E-state index in [1.807, 2.05) is 31.2 Å². The van der Waals surface area contributed by atoms with Crippen molar-refractivity contribution in [3.8, 4) is 0 Å². The largest absolute Gasteiger partial charge is 0.340 e. The molecule has 0 unspecified atom stereocenters. The van der Waals surface area contributed by atoms with E-state index in [9.17, 15) is 4.79 Å². The fourth-order valence-electron chi connectivity index (χ4n) is 3.03. The van der Waals surface area contributed by atoms with E-state index in [4.69, 9.17) is 5.73 Å². The second kappa shape index (κ2) is 6.18. The molecule has 0 atom stereocenters. The fourth-order valence-corrected chi connectivity index (χ4v) is 4.04. The van der Waals surface area contributed by atoms with Crippen molar-refractivity contribution < 1.29 is 4.79 Å². The highest BCUT2D eigenvalue weighted by Gasteiger charge is 2.39. The summed E-state index contributed by atoms with van der Waals surface area (Å²) in [6.45, 7) is 2.49. The average molecular weight is 315 g/mol. The average Bonchev–Trinajstić information content (AvgIpc) is 3.17. The van der Waals surface area contributed by atoms with Crippen molar-refractivity contribution in [1.82, 2.24) is 10.3 Å². The van der Waals surface area contributed by atoms with Gasteiger partial charge in [-0.1, -0.05) is 25.0 Å². The van der Waals surface area contributed by atoms with Crippen LogP contribution in [0.4, 0.5) is 0 Å². The van der Waals surface area contributed by atoms with Gasteiger partial charge in [-0.25, -0.2) is 4.98 Å². The molecule has 0 radical (unpaired) electrons.